The molecule has 158 valence electrons. The Morgan fingerprint density at radius 3 is 1.93 bits per heavy atom. The second-order valence-corrected chi connectivity index (χ2v) is 11.1. The molecule has 9 heteroatoms. The summed E-state index contributed by atoms with van der Waals surface area (Å²) in [5.74, 6) is 0. The number of quaternary nitrogens is 1. The number of hydrogen-bond acceptors (Lipinski definition) is 6. The second kappa shape index (κ2) is 8.77. The van der Waals surface area contributed by atoms with E-state index in [4.69, 9.17) is 0 Å². The number of benzene rings is 2. The maximum atomic E-state index is 12.7. The van der Waals surface area contributed by atoms with Crippen LogP contribution in [0, 0.1) is 0 Å². The van der Waals surface area contributed by atoms with E-state index < -0.39 is 10.0 Å². The summed E-state index contributed by atoms with van der Waals surface area (Å²) in [4.78, 5) is 4.74. The van der Waals surface area contributed by atoms with Gasteiger partial charge in [0.25, 0.3) is 10.0 Å². The van der Waals surface area contributed by atoms with Crippen LogP contribution in [-0.4, -0.2) is 65.3 Å². The van der Waals surface area contributed by atoms with E-state index >= 15 is 0 Å². The van der Waals surface area contributed by atoms with Crippen molar-refractivity contribution in [2.75, 3.05) is 56.9 Å². The van der Waals surface area contributed by atoms with E-state index in [0.717, 1.165) is 37.6 Å². The molecule has 1 fully saturated rings. The van der Waals surface area contributed by atoms with Crippen LogP contribution in [0.5, 0.6) is 0 Å². The molecule has 0 unspecified atom stereocenters. The zero-order chi connectivity index (χ0) is 21.2. The molecule has 0 spiro atoms. The molecule has 0 radical (unpaired) electrons. The summed E-state index contributed by atoms with van der Waals surface area (Å²) in [6.45, 7) is 3.58. The topological polar surface area (TPSA) is 52.7 Å². The van der Waals surface area contributed by atoms with Crippen LogP contribution in [0.2, 0.25) is 0 Å². The molecule has 0 aromatic heterocycles. The van der Waals surface area contributed by atoms with Gasteiger partial charge in [-0.2, -0.15) is 0 Å². The number of nitrogens with zero attached hydrogens (tertiary/aromatic N) is 3. The highest BCUT2D eigenvalue weighted by atomic mass is 32.2. The Morgan fingerprint density at radius 1 is 0.897 bits per heavy atom. The van der Waals surface area contributed by atoms with Crippen molar-refractivity contribution in [3.63, 3.8) is 0 Å². The molecule has 0 amide bonds. The van der Waals surface area contributed by atoms with E-state index in [9.17, 15) is 8.42 Å². The van der Waals surface area contributed by atoms with E-state index in [1.54, 1.807) is 24.3 Å². The molecule has 29 heavy (non-hydrogen) atoms. The van der Waals surface area contributed by atoms with Crippen molar-refractivity contribution in [2.45, 2.75) is 9.60 Å². The molecule has 1 N–H and O–H groups in total. The van der Waals surface area contributed by atoms with Crippen LogP contribution in [0.25, 0.3) is 0 Å². The Kier molecular flexibility index (Phi) is 6.74. The summed E-state index contributed by atoms with van der Waals surface area (Å²) in [7, 11) is 2.50. The summed E-state index contributed by atoms with van der Waals surface area (Å²) in [6.07, 6.45) is 0. The summed E-state index contributed by atoms with van der Waals surface area (Å²) >= 11 is 8.73. The van der Waals surface area contributed by atoms with Crippen molar-refractivity contribution in [1.82, 2.24) is 9.38 Å². The number of nitrogens with one attached hydrogen (secondary N) is 1. The van der Waals surface area contributed by atoms with Gasteiger partial charge in [-0.25, -0.2) is 8.42 Å². The lowest BCUT2D eigenvalue weighted by Crippen LogP contribution is -2.47. The molecule has 3 rings (SSSR count). The highest BCUT2D eigenvalue weighted by Gasteiger charge is 2.20. The van der Waals surface area contributed by atoms with Gasteiger partial charge in [-0.3, -0.25) is 14.1 Å². The number of piperazine rings is 1. The van der Waals surface area contributed by atoms with Crippen molar-refractivity contribution < 1.29 is 8.42 Å². The molecule has 0 atom stereocenters. The summed E-state index contributed by atoms with van der Waals surface area (Å²) < 4.78 is 28.7. The molecule has 1 heterocycles. The van der Waals surface area contributed by atoms with E-state index in [2.05, 4.69) is 39.8 Å². The summed E-state index contributed by atoms with van der Waals surface area (Å²) in [5, 5.41) is 0. The van der Waals surface area contributed by atoms with Gasteiger partial charge < -0.3 is 4.90 Å². The number of sulfonamides is 1. The Bertz CT molecular complexity index is 916. The van der Waals surface area contributed by atoms with Crippen LogP contribution in [-0.2, 0) is 10.0 Å². The van der Waals surface area contributed by atoms with Crippen LogP contribution in [0.1, 0.15) is 0 Å². The standard InChI is InChI=1S/C20H28N4O2S3/c1-24(2,3)18-8-10-19(11-9-18)29(25,26)21-16-4-6-17(7-5-16)22-12-14-23(15-13-22)20(27)28/h4-11,20-21H,12-15H2,1-3H3,(H-,27,28)/p+1. The van der Waals surface area contributed by atoms with Gasteiger partial charge in [-0.15, -0.1) is 25.3 Å². The average molecular weight is 454 g/mol. The lowest BCUT2D eigenvalue weighted by Gasteiger charge is -2.37. The van der Waals surface area contributed by atoms with Gasteiger partial charge in [-0.1, -0.05) is 0 Å². The van der Waals surface area contributed by atoms with Gasteiger partial charge in [0.1, 0.15) is 5.69 Å². The fourth-order valence-corrected chi connectivity index (χ4v) is 4.76. The Balaban J connectivity index is 1.66. The van der Waals surface area contributed by atoms with Gasteiger partial charge in [-0.05, 0) is 36.4 Å². The lowest BCUT2D eigenvalue weighted by atomic mass is 10.2. The van der Waals surface area contributed by atoms with Gasteiger partial charge in [0, 0.05) is 49.7 Å². The molecule has 0 saturated carbocycles. The minimum Gasteiger partial charge on any atom is -0.369 e. The molecule has 2 aromatic carbocycles. The maximum Gasteiger partial charge on any atom is 0.261 e. The van der Waals surface area contributed by atoms with Crippen molar-refractivity contribution in [3.8, 4) is 0 Å². The third-order valence-corrected chi connectivity index (χ3v) is 7.10. The maximum absolute atomic E-state index is 12.7. The molecule has 0 aliphatic carbocycles. The number of anilines is 2. The average Bonchev–Trinajstić information content (AvgIpc) is 2.68. The van der Waals surface area contributed by atoms with Crippen molar-refractivity contribution in [2.24, 2.45) is 0 Å². The predicted molar refractivity (Wildman–Crippen MR) is 129 cm³/mol. The largest absolute Gasteiger partial charge is 0.369 e. The first kappa shape index (κ1) is 22.3. The first-order valence-electron chi connectivity index (χ1n) is 9.46. The van der Waals surface area contributed by atoms with Crippen LogP contribution in [0.3, 0.4) is 0 Å². The molecule has 6 nitrogen and oxygen atoms in total. The molecule has 1 saturated heterocycles. The SMILES string of the molecule is C[N+](C)(C)c1ccc(S(=O)(=O)Nc2ccc(N3CCN(C(S)S)CC3)cc2)cc1. The van der Waals surface area contributed by atoms with E-state index in [1.165, 1.54) is 0 Å². The molecule has 1 aliphatic heterocycles. The zero-order valence-corrected chi connectivity index (χ0v) is 19.6. The number of rotatable bonds is 6. The Labute approximate surface area is 185 Å². The van der Waals surface area contributed by atoms with Crippen LogP contribution in [0.15, 0.2) is 53.4 Å². The van der Waals surface area contributed by atoms with Crippen molar-refractivity contribution >= 4 is 52.3 Å². The molecule has 2 aromatic rings. The van der Waals surface area contributed by atoms with Gasteiger partial charge in [0.2, 0.25) is 0 Å². The first-order valence-corrected chi connectivity index (χ1v) is 12.0. The zero-order valence-electron chi connectivity index (χ0n) is 17.0. The first-order chi connectivity index (χ1) is 13.6. The normalized spacial score (nSPS) is 16.3. The minimum absolute atomic E-state index is 0.0367. The highest BCUT2D eigenvalue weighted by Crippen LogP contribution is 2.24. The van der Waals surface area contributed by atoms with E-state index in [0.29, 0.717) is 10.2 Å². The fraction of sp³-hybridized carbons (Fsp3) is 0.400. The van der Waals surface area contributed by atoms with E-state index in [-0.39, 0.29) is 9.60 Å². The predicted octanol–water partition coefficient (Wildman–Crippen LogP) is 2.95. The van der Waals surface area contributed by atoms with Gasteiger partial charge >= 0.3 is 0 Å². The van der Waals surface area contributed by atoms with Crippen molar-refractivity contribution in [1.29, 1.82) is 0 Å². The van der Waals surface area contributed by atoms with Crippen LogP contribution < -0.4 is 14.1 Å². The minimum atomic E-state index is -3.62. The quantitative estimate of drug-likeness (QED) is 0.358. The fourth-order valence-electron chi connectivity index (χ4n) is 3.24. The lowest BCUT2D eigenvalue weighted by molar-refractivity contribution is 0.287. The van der Waals surface area contributed by atoms with E-state index in [1.807, 2.05) is 45.4 Å². The molecular weight excluding hydrogens is 424 g/mol. The van der Waals surface area contributed by atoms with Crippen LogP contribution >= 0.6 is 25.3 Å². The van der Waals surface area contributed by atoms with Gasteiger partial charge in [0.05, 0.1) is 30.7 Å². The molecular formula is C20H29N4O2S3+. The molecule has 0 bridgehead atoms. The third kappa shape index (κ3) is 5.61. The highest BCUT2D eigenvalue weighted by molar-refractivity contribution is 7.99. The monoisotopic (exact) mass is 453 g/mol. The third-order valence-electron chi connectivity index (χ3n) is 5.05. The Morgan fingerprint density at radius 2 is 1.45 bits per heavy atom. The van der Waals surface area contributed by atoms with Crippen LogP contribution in [0.4, 0.5) is 17.1 Å². The van der Waals surface area contributed by atoms with Gasteiger partial charge in [0.15, 0.2) is 0 Å². The smallest absolute Gasteiger partial charge is 0.261 e. The number of thiol groups is 2. The Hall–Kier alpha value is -1.39. The molecule has 1 aliphatic rings. The van der Waals surface area contributed by atoms with Crippen molar-refractivity contribution in [3.05, 3.63) is 48.5 Å². The number of hydrogen-bond donors (Lipinski definition) is 3. The summed E-state index contributed by atoms with van der Waals surface area (Å²) in [6, 6.07) is 14.5. The summed E-state index contributed by atoms with van der Waals surface area (Å²) in [5.41, 5.74) is 2.67. The second-order valence-electron chi connectivity index (χ2n) is 8.03.